The van der Waals surface area contributed by atoms with Gasteiger partial charge in [0.2, 0.25) is 5.95 Å². The minimum Gasteiger partial charge on any atom is -0.403 e. The standard InChI is InChI=1S/C20H18ClN9O/c21-13-3-1-11(2-4-13)5-22-19-23-6-12(7-24-19)18-27-28-20(31-18)30-9-14-15(10-30)17(14)16-8-25-29-26-16/h1-4,6-8,14-15,17H,5,9-10H2,(H,22,23,24)(H,25,26,29)/t14-,15+,17?. The largest absolute Gasteiger partial charge is 0.403 e. The van der Waals surface area contributed by atoms with E-state index >= 15 is 0 Å². The second-order valence-electron chi connectivity index (χ2n) is 7.82. The van der Waals surface area contributed by atoms with Gasteiger partial charge in [0.05, 0.1) is 17.5 Å². The molecule has 11 heteroatoms. The van der Waals surface area contributed by atoms with Crippen molar-refractivity contribution >= 4 is 23.6 Å². The van der Waals surface area contributed by atoms with Gasteiger partial charge in [0.1, 0.15) is 0 Å². The number of halogens is 1. The zero-order valence-corrected chi connectivity index (χ0v) is 17.1. The van der Waals surface area contributed by atoms with Gasteiger partial charge in [0, 0.05) is 43.0 Å². The van der Waals surface area contributed by atoms with Crippen LogP contribution in [0.25, 0.3) is 11.5 Å². The molecule has 1 aliphatic heterocycles. The van der Waals surface area contributed by atoms with E-state index in [4.69, 9.17) is 16.0 Å². The Morgan fingerprint density at radius 1 is 1.06 bits per heavy atom. The number of nitrogens with one attached hydrogen (secondary N) is 2. The first kappa shape index (κ1) is 18.3. The van der Waals surface area contributed by atoms with E-state index in [1.54, 1.807) is 12.4 Å². The summed E-state index contributed by atoms with van der Waals surface area (Å²) >= 11 is 5.91. The van der Waals surface area contributed by atoms with Crippen molar-refractivity contribution in [2.24, 2.45) is 11.8 Å². The highest BCUT2D eigenvalue weighted by molar-refractivity contribution is 6.30. The molecule has 1 unspecified atom stereocenters. The Bertz CT molecular complexity index is 1160. The lowest BCUT2D eigenvalue weighted by atomic mass is 10.2. The molecule has 0 radical (unpaired) electrons. The number of hydrogen-bond donors (Lipinski definition) is 2. The Labute approximate surface area is 182 Å². The predicted octanol–water partition coefficient (Wildman–Crippen LogP) is 2.76. The van der Waals surface area contributed by atoms with Crippen LogP contribution in [0.1, 0.15) is 17.2 Å². The molecule has 1 saturated heterocycles. The molecule has 4 heterocycles. The average molecular weight is 436 g/mol. The third kappa shape index (κ3) is 3.48. The lowest BCUT2D eigenvalue weighted by molar-refractivity contribution is 0.543. The Morgan fingerprint density at radius 3 is 2.55 bits per heavy atom. The number of aromatic amines is 1. The van der Waals surface area contributed by atoms with Crippen molar-refractivity contribution < 1.29 is 4.42 Å². The highest BCUT2D eigenvalue weighted by atomic mass is 35.5. The Morgan fingerprint density at radius 2 is 1.84 bits per heavy atom. The van der Waals surface area contributed by atoms with Crippen molar-refractivity contribution in [3.63, 3.8) is 0 Å². The number of hydrogen-bond acceptors (Lipinski definition) is 9. The molecule has 6 rings (SSSR count). The Hall–Kier alpha value is -3.53. The summed E-state index contributed by atoms with van der Waals surface area (Å²) in [5.74, 6) is 2.55. The van der Waals surface area contributed by atoms with E-state index in [1.807, 2.05) is 30.5 Å². The van der Waals surface area contributed by atoms with Crippen LogP contribution in [0.2, 0.25) is 5.02 Å². The molecular formula is C20H18ClN9O. The van der Waals surface area contributed by atoms with Gasteiger partial charge < -0.3 is 14.6 Å². The van der Waals surface area contributed by atoms with Crippen LogP contribution in [0.4, 0.5) is 12.0 Å². The molecule has 1 aromatic carbocycles. The summed E-state index contributed by atoms with van der Waals surface area (Å²) in [4.78, 5) is 10.8. The first-order valence-electron chi connectivity index (χ1n) is 9.99. The molecule has 156 valence electrons. The number of aromatic nitrogens is 7. The lowest BCUT2D eigenvalue weighted by Crippen LogP contribution is -2.23. The summed E-state index contributed by atoms with van der Waals surface area (Å²) in [6.07, 6.45) is 5.17. The van der Waals surface area contributed by atoms with Crippen LogP contribution in [-0.4, -0.2) is 48.7 Å². The molecule has 2 N–H and O–H groups in total. The van der Waals surface area contributed by atoms with Crippen molar-refractivity contribution in [3.05, 3.63) is 59.1 Å². The molecule has 1 aliphatic carbocycles. The van der Waals surface area contributed by atoms with Gasteiger partial charge in [-0.3, -0.25) is 0 Å². The zero-order valence-electron chi connectivity index (χ0n) is 16.3. The first-order chi connectivity index (χ1) is 15.2. The fraction of sp³-hybridized carbons (Fsp3) is 0.300. The van der Waals surface area contributed by atoms with E-state index in [1.165, 1.54) is 0 Å². The average Bonchev–Trinajstić information content (AvgIpc) is 3.33. The molecule has 0 spiro atoms. The molecule has 2 aliphatic rings. The van der Waals surface area contributed by atoms with E-state index in [2.05, 4.69) is 45.8 Å². The normalized spacial score (nSPS) is 21.8. The summed E-state index contributed by atoms with van der Waals surface area (Å²) in [5.41, 5.74) is 2.82. The number of anilines is 2. The SMILES string of the molecule is Clc1ccc(CNc2ncc(-c3nnc(N4C[C@@H]5C(c6cn[nH]n6)[C@@H]5C4)o3)cn2)cc1. The maximum Gasteiger partial charge on any atom is 0.318 e. The van der Waals surface area contributed by atoms with E-state index in [0.29, 0.717) is 52.7 Å². The fourth-order valence-corrected chi connectivity index (χ4v) is 4.39. The summed E-state index contributed by atoms with van der Waals surface area (Å²) in [5, 5.41) is 23.1. The van der Waals surface area contributed by atoms with E-state index in [9.17, 15) is 0 Å². The van der Waals surface area contributed by atoms with Crippen molar-refractivity contribution in [1.82, 2.24) is 35.6 Å². The molecule has 10 nitrogen and oxygen atoms in total. The second-order valence-corrected chi connectivity index (χ2v) is 8.25. The lowest BCUT2D eigenvalue weighted by Gasteiger charge is -2.15. The number of benzene rings is 1. The smallest absolute Gasteiger partial charge is 0.318 e. The topological polar surface area (TPSA) is 122 Å². The summed E-state index contributed by atoms with van der Waals surface area (Å²) in [6, 6.07) is 8.16. The van der Waals surface area contributed by atoms with Crippen LogP contribution in [0.3, 0.4) is 0 Å². The van der Waals surface area contributed by atoms with Gasteiger partial charge in [-0.15, -0.1) is 5.10 Å². The second kappa shape index (κ2) is 7.31. The highest BCUT2D eigenvalue weighted by Gasteiger charge is 2.58. The van der Waals surface area contributed by atoms with Crippen LogP contribution in [0.5, 0.6) is 0 Å². The van der Waals surface area contributed by atoms with Gasteiger partial charge in [-0.2, -0.15) is 15.4 Å². The molecule has 1 saturated carbocycles. The predicted molar refractivity (Wildman–Crippen MR) is 112 cm³/mol. The van der Waals surface area contributed by atoms with Crippen molar-refractivity contribution in [1.29, 1.82) is 0 Å². The van der Waals surface area contributed by atoms with Crippen LogP contribution >= 0.6 is 11.6 Å². The van der Waals surface area contributed by atoms with Gasteiger partial charge in [-0.1, -0.05) is 28.8 Å². The minimum absolute atomic E-state index is 0.410. The minimum atomic E-state index is 0.410. The fourth-order valence-electron chi connectivity index (χ4n) is 4.27. The van der Waals surface area contributed by atoms with Gasteiger partial charge >= 0.3 is 6.01 Å². The molecule has 0 amide bonds. The van der Waals surface area contributed by atoms with Gasteiger partial charge in [-0.05, 0) is 29.5 Å². The molecule has 3 aromatic heterocycles. The van der Waals surface area contributed by atoms with Crippen molar-refractivity contribution in [2.45, 2.75) is 12.5 Å². The van der Waals surface area contributed by atoms with E-state index in [-0.39, 0.29) is 0 Å². The molecule has 4 aromatic rings. The first-order valence-corrected chi connectivity index (χ1v) is 10.4. The molecule has 3 atom stereocenters. The summed E-state index contributed by atoms with van der Waals surface area (Å²) in [7, 11) is 0. The van der Waals surface area contributed by atoms with Crippen molar-refractivity contribution in [2.75, 3.05) is 23.3 Å². The molecule has 0 bridgehead atoms. The third-order valence-corrected chi connectivity index (χ3v) is 6.17. The summed E-state index contributed by atoms with van der Waals surface area (Å²) in [6.45, 7) is 2.37. The maximum atomic E-state index is 5.91. The van der Waals surface area contributed by atoms with Gasteiger partial charge in [0.15, 0.2) is 0 Å². The number of piperidine rings is 1. The van der Waals surface area contributed by atoms with E-state index < -0.39 is 0 Å². The van der Waals surface area contributed by atoms with Crippen LogP contribution < -0.4 is 10.2 Å². The van der Waals surface area contributed by atoms with Gasteiger partial charge in [-0.25, -0.2) is 9.97 Å². The van der Waals surface area contributed by atoms with Crippen molar-refractivity contribution in [3.8, 4) is 11.5 Å². The van der Waals surface area contributed by atoms with Gasteiger partial charge in [0.25, 0.3) is 5.89 Å². The monoisotopic (exact) mass is 435 g/mol. The van der Waals surface area contributed by atoms with Crippen LogP contribution in [-0.2, 0) is 6.54 Å². The zero-order chi connectivity index (χ0) is 20.8. The summed E-state index contributed by atoms with van der Waals surface area (Å²) < 4.78 is 5.89. The molecule has 31 heavy (non-hydrogen) atoms. The number of H-pyrrole nitrogens is 1. The molecular weight excluding hydrogens is 418 g/mol. The number of rotatable bonds is 6. The van der Waals surface area contributed by atoms with Crippen LogP contribution in [0, 0.1) is 11.8 Å². The maximum absolute atomic E-state index is 5.91. The number of nitrogens with zero attached hydrogens (tertiary/aromatic N) is 7. The number of fused-ring (bicyclic) bond motifs is 1. The Balaban J connectivity index is 1.07. The Kier molecular flexibility index (Phi) is 4.30. The third-order valence-electron chi connectivity index (χ3n) is 5.92. The highest BCUT2D eigenvalue weighted by Crippen LogP contribution is 2.58. The van der Waals surface area contributed by atoms with Crippen LogP contribution in [0.15, 0.2) is 47.3 Å². The quantitative estimate of drug-likeness (QED) is 0.470. The van der Waals surface area contributed by atoms with E-state index in [0.717, 1.165) is 24.3 Å². The molecule has 2 fully saturated rings.